The van der Waals surface area contributed by atoms with Crippen LogP contribution < -0.4 is 24.4 Å². The maximum atomic E-state index is 12.5. The van der Waals surface area contributed by atoms with Gasteiger partial charge in [0.05, 0.1) is 5.71 Å². The van der Waals surface area contributed by atoms with Gasteiger partial charge in [-0.05, 0) is 53.6 Å². The number of fused-ring (bicyclic) bond motifs is 3. The summed E-state index contributed by atoms with van der Waals surface area (Å²) in [5.74, 6) is 2.27. The highest BCUT2D eigenvalue weighted by Gasteiger charge is 2.27. The fourth-order valence-electron chi connectivity index (χ4n) is 3.37. The van der Waals surface area contributed by atoms with E-state index in [0.29, 0.717) is 23.0 Å². The number of carbonyl (C=O) groups excluding carboxylic acids is 1. The van der Waals surface area contributed by atoms with E-state index in [0.717, 1.165) is 22.1 Å². The number of benzene rings is 3. The summed E-state index contributed by atoms with van der Waals surface area (Å²) in [5, 5.41) is 6.21. The molecule has 156 valence electrons. The van der Waals surface area contributed by atoms with Crippen molar-refractivity contribution in [2.24, 2.45) is 5.10 Å². The Balaban J connectivity index is 1.22. The van der Waals surface area contributed by atoms with Crippen molar-refractivity contribution in [1.82, 2.24) is 5.43 Å². The van der Waals surface area contributed by atoms with Crippen molar-refractivity contribution in [1.29, 1.82) is 0 Å². The summed E-state index contributed by atoms with van der Waals surface area (Å²) in [6.07, 6.45) is 2.91. The first-order valence-electron chi connectivity index (χ1n) is 9.90. The number of hydrogen-bond donors (Lipinski definition) is 1. The summed E-state index contributed by atoms with van der Waals surface area (Å²) >= 11 is 0. The molecule has 0 radical (unpaired) electrons. The summed E-state index contributed by atoms with van der Waals surface area (Å²) in [6.45, 7) is 2.16. The van der Waals surface area contributed by atoms with E-state index < -0.39 is 6.10 Å². The van der Waals surface area contributed by atoms with Gasteiger partial charge < -0.3 is 18.9 Å². The fourth-order valence-corrected chi connectivity index (χ4v) is 3.37. The number of rotatable bonds is 4. The van der Waals surface area contributed by atoms with E-state index in [2.05, 4.69) is 10.5 Å². The van der Waals surface area contributed by atoms with Crippen LogP contribution in [0.1, 0.15) is 12.5 Å². The smallest absolute Gasteiger partial charge is 0.284 e. The van der Waals surface area contributed by atoms with E-state index in [1.165, 1.54) is 0 Å². The molecule has 3 aromatic carbocycles. The SMILES string of the molecule is CC(C=Cc1ccc2c(c1)OCO2)=NNC(=O)C1COc2cc3ccccc3cc2O1. The Bertz CT molecular complexity index is 1220. The molecule has 7 heteroatoms. The Morgan fingerprint density at radius 3 is 2.55 bits per heavy atom. The molecule has 0 saturated carbocycles. The van der Waals surface area contributed by atoms with Crippen molar-refractivity contribution in [3.8, 4) is 23.0 Å². The molecular formula is C24H20N2O5. The summed E-state index contributed by atoms with van der Waals surface area (Å²) in [7, 11) is 0. The maximum Gasteiger partial charge on any atom is 0.284 e. The van der Waals surface area contributed by atoms with E-state index in [1.54, 1.807) is 13.0 Å². The molecule has 0 aliphatic carbocycles. The van der Waals surface area contributed by atoms with Crippen molar-refractivity contribution in [3.63, 3.8) is 0 Å². The molecule has 0 bridgehead atoms. The predicted molar refractivity (Wildman–Crippen MR) is 117 cm³/mol. The molecule has 2 heterocycles. The van der Waals surface area contributed by atoms with Gasteiger partial charge in [-0.1, -0.05) is 36.4 Å². The number of ether oxygens (including phenoxy) is 4. The van der Waals surface area contributed by atoms with Crippen LogP contribution in [0.2, 0.25) is 0 Å². The Morgan fingerprint density at radius 2 is 1.71 bits per heavy atom. The molecule has 5 rings (SSSR count). The summed E-state index contributed by atoms with van der Waals surface area (Å²) in [4.78, 5) is 12.5. The standard InChI is InChI=1S/C24H20N2O5/c1-15(6-7-16-8-9-19-20(10-16)30-14-29-19)25-26-24(27)23-13-28-21-11-17-4-2-3-5-18(17)12-22(21)31-23/h2-12,23H,13-14H2,1H3,(H,26,27). The maximum absolute atomic E-state index is 12.5. The number of amides is 1. The lowest BCUT2D eigenvalue weighted by molar-refractivity contribution is -0.130. The molecule has 1 unspecified atom stereocenters. The molecule has 2 aliphatic heterocycles. The lowest BCUT2D eigenvalue weighted by Crippen LogP contribution is -2.42. The third-order valence-corrected chi connectivity index (χ3v) is 5.02. The summed E-state index contributed by atoms with van der Waals surface area (Å²) in [6, 6.07) is 17.4. The van der Waals surface area contributed by atoms with Gasteiger partial charge in [-0.3, -0.25) is 4.79 Å². The first-order valence-corrected chi connectivity index (χ1v) is 9.90. The fraction of sp³-hybridized carbons (Fsp3) is 0.167. The van der Waals surface area contributed by atoms with Crippen LogP contribution in [0.5, 0.6) is 23.0 Å². The van der Waals surface area contributed by atoms with E-state index >= 15 is 0 Å². The Morgan fingerprint density at radius 1 is 0.968 bits per heavy atom. The predicted octanol–water partition coefficient (Wildman–Crippen LogP) is 3.91. The quantitative estimate of drug-likeness (QED) is 0.515. The van der Waals surface area contributed by atoms with Gasteiger partial charge in [0.15, 0.2) is 23.0 Å². The minimum absolute atomic E-state index is 0.124. The molecule has 0 spiro atoms. The molecule has 1 amide bonds. The van der Waals surface area contributed by atoms with Crippen LogP contribution >= 0.6 is 0 Å². The van der Waals surface area contributed by atoms with E-state index in [1.807, 2.05) is 60.7 Å². The highest BCUT2D eigenvalue weighted by Crippen LogP contribution is 2.36. The van der Waals surface area contributed by atoms with Crippen molar-refractivity contribution >= 4 is 28.5 Å². The van der Waals surface area contributed by atoms with E-state index in [9.17, 15) is 4.79 Å². The van der Waals surface area contributed by atoms with Gasteiger partial charge >= 0.3 is 0 Å². The molecule has 0 fully saturated rings. The van der Waals surface area contributed by atoms with Gasteiger partial charge in [0, 0.05) is 0 Å². The van der Waals surface area contributed by atoms with Crippen LogP contribution in [-0.2, 0) is 4.79 Å². The second kappa shape index (κ2) is 8.02. The van der Waals surface area contributed by atoms with Crippen LogP contribution in [0, 0.1) is 0 Å². The Kier molecular flexibility index (Phi) is 4.92. The molecule has 1 N–H and O–H groups in total. The minimum atomic E-state index is -0.775. The van der Waals surface area contributed by atoms with Crippen molar-refractivity contribution < 1.29 is 23.7 Å². The largest absolute Gasteiger partial charge is 0.485 e. The molecule has 7 nitrogen and oxygen atoms in total. The first-order chi connectivity index (χ1) is 15.2. The van der Waals surface area contributed by atoms with Gasteiger partial charge in [-0.2, -0.15) is 5.10 Å². The lowest BCUT2D eigenvalue weighted by atomic mass is 10.1. The van der Waals surface area contributed by atoms with Crippen LogP contribution in [0.4, 0.5) is 0 Å². The number of allylic oxidation sites excluding steroid dienone is 1. The monoisotopic (exact) mass is 416 g/mol. The molecular weight excluding hydrogens is 396 g/mol. The molecule has 0 saturated heterocycles. The zero-order valence-electron chi connectivity index (χ0n) is 16.8. The average molecular weight is 416 g/mol. The van der Waals surface area contributed by atoms with Crippen LogP contribution in [-0.4, -0.2) is 31.1 Å². The Labute approximate surface area is 178 Å². The van der Waals surface area contributed by atoms with Crippen LogP contribution in [0.25, 0.3) is 16.8 Å². The lowest BCUT2D eigenvalue weighted by Gasteiger charge is -2.25. The molecule has 0 aromatic heterocycles. The topological polar surface area (TPSA) is 78.4 Å². The normalized spacial score (nSPS) is 17.2. The summed E-state index contributed by atoms with van der Waals surface area (Å²) < 4.78 is 22.3. The van der Waals surface area contributed by atoms with Crippen molar-refractivity contribution in [2.45, 2.75) is 13.0 Å². The van der Waals surface area contributed by atoms with Gasteiger partial charge in [0.25, 0.3) is 5.91 Å². The number of nitrogens with zero attached hydrogens (tertiary/aromatic N) is 1. The van der Waals surface area contributed by atoms with Crippen molar-refractivity contribution in [2.75, 3.05) is 13.4 Å². The zero-order chi connectivity index (χ0) is 21.2. The molecule has 1 atom stereocenters. The van der Waals surface area contributed by atoms with Crippen LogP contribution in [0.15, 0.2) is 65.8 Å². The number of hydrogen-bond acceptors (Lipinski definition) is 6. The number of nitrogens with one attached hydrogen (secondary N) is 1. The van der Waals surface area contributed by atoms with Gasteiger partial charge in [0.2, 0.25) is 12.9 Å². The van der Waals surface area contributed by atoms with Gasteiger partial charge in [-0.15, -0.1) is 0 Å². The number of hydrazone groups is 1. The molecule has 2 aliphatic rings. The third-order valence-electron chi connectivity index (χ3n) is 5.02. The first kappa shape index (κ1) is 19.0. The highest BCUT2D eigenvalue weighted by molar-refractivity contribution is 5.97. The molecule has 3 aromatic rings. The second-order valence-corrected chi connectivity index (χ2v) is 7.24. The highest BCUT2D eigenvalue weighted by atomic mass is 16.7. The summed E-state index contributed by atoms with van der Waals surface area (Å²) in [5.41, 5.74) is 4.12. The zero-order valence-corrected chi connectivity index (χ0v) is 16.8. The van der Waals surface area contributed by atoms with Crippen LogP contribution in [0.3, 0.4) is 0 Å². The second-order valence-electron chi connectivity index (χ2n) is 7.24. The number of carbonyl (C=O) groups is 1. The van der Waals surface area contributed by atoms with E-state index in [-0.39, 0.29) is 19.3 Å². The average Bonchev–Trinajstić information content (AvgIpc) is 3.27. The molecule has 31 heavy (non-hydrogen) atoms. The Hall–Kier alpha value is -4.00. The third kappa shape index (κ3) is 4.02. The van der Waals surface area contributed by atoms with Gasteiger partial charge in [0.1, 0.15) is 6.61 Å². The minimum Gasteiger partial charge on any atom is -0.485 e. The van der Waals surface area contributed by atoms with Gasteiger partial charge in [-0.25, -0.2) is 5.43 Å². The van der Waals surface area contributed by atoms with Crippen molar-refractivity contribution in [3.05, 3.63) is 66.2 Å². The van der Waals surface area contributed by atoms with E-state index in [4.69, 9.17) is 18.9 Å².